The number of nitrogens with two attached hydrogens (primary N) is 1. The Bertz CT molecular complexity index is 654. The summed E-state index contributed by atoms with van der Waals surface area (Å²) < 4.78 is 19.3. The number of benzene rings is 1. The molecule has 0 atom stereocenters. The maximum atomic E-state index is 14.0. The molecule has 0 bridgehead atoms. The average Bonchev–Trinajstić information content (AvgIpc) is 3.01. The second-order valence-electron chi connectivity index (χ2n) is 5.45. The molecule has 1 aromatic carbocycles. The zero-order chi connectivity index (χ0) is 14.8. The fraction of sp³-hybridized carbons (Fsp3) is 0.438. The van der Waals surface area contributed by atoms with E-state index in [1.165, 1.54) is 18.9 Å². The Morgan fingerprint density at radius 3 is 2.76 bits per heavy atom. The van der Waals surface area contributed by atoms with Gasteiger partial charge in [0.2, 0.25) is 0 Å². The second kappa shape index (κ2) is 5.85. The Morgan fingerprint density at radius 1 is 1.33 bits per heavy atom. The number of ether oxygens (including phenoxy) is 1. The van der Waals surface area contributed by atoms with E-state index in [2.05, 4.69) is 10.4 Å². The first kappa shape index (κ1) is 14.1. The number of nitrogens with zero attached hydrogens (tertiary/aromatic N) is 1. The molecular formula is C16H20FN3O. The second-order valence-corrected chi connectivity index (χ2v) is 5.45. The molecule has 1 saturated carbocycles. The van der Waals surface area contributed by atoms with E-state index >= 15 is 0 Å². The Labute approximate surface area is 123 Å². The van der Waals surface area contributed by atoms with Gasteiger partial charge in [0.05, 0.1) is 17.8 Å². The van der Waals surface area contributed by atoms with Gasteiger partial charge in [0.15, 0.2) is 11.6 Å². The number of pyridine rings is 1. The van der Waals surface area contributed by atoms with E-state index in [0.29, 0.717) is 18.0 Å². The van der Waals surface area contributed by atoms with Crippen molar-refractivity contribution in [3.05, 3.63) is 29.7 Å². The number of hydrogen-bond acceptors (Lipinski definition) is 4. The van der Waals surface area contributed by atoms with E-state index in [4.69, 9.17) is 10.6 Å². The lowest BCUT2D eigenvalue weighted by molar-refractivity contribution is 0.322. The zero-order valence-electron chi connectivity index (χ0n) is 12.2. The first-order valence-electron chi connectivity index (χ1n) is 7.46. The highest BCUT2D eigenvalue weighted by atomic mass is 19.1. The molecule has 4 nitrogen and oxygen atoms in total. The normalized spacial score (nSPS) is 15.6. The summed E-state index contributed by atoms with van der Waals surface area (Å²) in [6.07, 6.45) is 4.74. The van der Waals surface area contributed by atoms with Crippen LogP contribution in [0.4, 0.5) is 10.1 Å². The number of hydrazine groups is 1. The van der Waals surface area contributed by atoms with Gasteiger partial charge in [0.1, 0.15) is 0 Å². The van der Waals surface area contributed by atoms with Crippen LogP contribution in [0.1, 0.15) is 44.2 Å². The molecule has 3 N–H and O–H groups in total. The predicted octanol–water partition coefficient (Wildman–Crippen LogP) is 3.72. The van der Waals surface area contributed by atoms with Gasteiger partial charge in [-0.05, 0) is 31.9 Å². The van der Waals surface area contributed by atoms with Gasteiger partial charge < -0.3 is 10.2 Å². The summed E-state index contributed by atoms with van der Waals surface area (Å²) in [5.41, 5.74) is 5.09. The fourth-order valence-corrected chi connectivity index (χ4v) is 3.06. The number of hydrogen-bond donors (Lipinski definition) is 2. The Kier molecular flexibility index (Phi) is 3.92. The minimum Gasteiger partial charge on any atom is -0.491 e. The summed E-state index contributed by atoms with van der Waals surface area (Å²) in [6.45, 7) is 2.24. The lowest BCUT2D eigenvalue weighted by Crippen LogP contribution is -2.09. The summed E-state index contributed by atoms with van der Waals surface area (Å²) in [6, 6.07) is 5.07. The molecule has 1 aromatic heterocycles. The lowest BCUT2D eigenvalue weighted by atomic mass is 10.0. The summed E-state index contributed by atoms with van der Waals surface area (Å²) in [5, 5.41) is 0.782. The minimum atomic E-state index is -0.386. The molecule has 0 spiro atoms. The summed E-state index contributed by atoms with van der Waals surface area (Å²) in [4.78, 5) is 4.64. The molecule has 0 saturated heterocycles. The molecule has 2 aromatic rings. The van der Waals surface area contributed by atoms with Crippen molar-refractivity contribution in [1.29, 1.82) is 0 Å². The van der Waals surface area contributed by atoms with Crippen LogP contribution >= 0.6 is 0 Å². The molecule has 0 unspecified atom stereocenters. The van der Waals surface area contributed by atoms with Crippen LogP contribution in [-0.4, -0.2) is 11.6 Å². The molecule has 1 aliphatic carbocycles. The van der Waals surface area contributed by atoms with Crippen LogP contribution in [0.3, 0.4) is 0 Å². The van der Waals surface area contributed by atoms with Crippen molar-refractivity contribution in [3.8, 4) is 5.75 Å². The Morgan fingerprint density at radius 2 is 2.10 bits per heavy atom. The zero-order valence-corrected chi connectivity index (χ0v) is 12.2. The quantitative estimate of drug-likeness (QED) is 0.665. The standard InChI is InChI=1S/C16H20FN3O/c1-2-21-16-7-11-14(8-12(16)17)19-13(9-15(11)20-18)10-5-3-4-6-10/h7-10H,2-6,18H2,1H3,(H,19,20). The highest BCUT2D eigenvalue weighted by molar-refractivity contribution is 5.92. The van der Waals surface area contributed by atoms with Crippen molar-refractivity contribution < 1.29 is 9.13 Å². The summed E-state index contributed by atoms with van der Waals surface area (Å²) in [7, 11) is 0. The molecule has 1 aliphatic rings. The van der Waals surface area contributed by atoms with Crippen molar-refractivity contribution in [2.24, 2.45) is 5.84 Å². The molecule has 0 aliphatic heterocycles. The number of rotatable bonds is 4. The van der Waals surface area contributed by atoms with Crippen LogP contribution in [0, 0.1) is 5.82 Å². The van der Waals surface area contributed by atoms with Crippen LogP contribution in [-0.2, 0) is 0 Å². The largest absolute Gasteiger partial charge is 0.491 e. The highest BCUT2D eigenvalue weighted by Gasteiger charge is 2.20. The molecule has 21 heavy (non-hydrogen) atoms. The first-order valence-corrected chi connectivity index (χ1v) is 7.46. The molecule has 1 heterocycles. The van der Waals surface area contributed by atoms with Crippen molar-refractivity contribution in [2.45, 2.75) is 38.5 Å². The SMILES string of the molecule is CCOc1cc2c(NN)cc(C3CCCC3)nc2cc1F. The van der Waals surface area contributed by atoms with E-state index in [9.17, 15) is 4.39 Å². The fourth-order valence-electron chi connectivity index (χ4n) is 3.06. The Hall–Kier alpha value is -1.88. The number of fused-ring (bicyclic) bond motifs is 1. The number of anilines is 1. The average molecular weight is 289 g/mol. The van der Waals surface area contributed by atoms with Crippen LogP contribution in [0.5, 0.6) is 5.75 Å². The van der Waals surface area contributed by atoms with Crippen LogP contribution in [0.25, 0.3) is 10.9 Å². The number of nitrogens with one attached hydrogen (secondary N) is 1. The predicted molar refractivity (Wildman–Crippen MR) is 81.9 cm³/mol. The van der Waals surface area contributed by atoms with Gasteiger partial charge >= 0.3 is 0 Å². The molecule has 0 amide bonds. The van der Waals surface area contributed by atoms with Crippen LogP contribution < -0.4 is 16.0 Å². The van der Waals surface area contributed by atoms with Crippen molar-refractivity contribution >= 4 is 16.6 Å². The van der Waals surface area contributed by atoms with E-state index < -0.39 is 0 Å². The van der Waals surface area contributed by atoms with Crippen LogP contribution in [0.15, 0.2) is 18.2 Å². The molecule has 5 heteroatoms. The van der Waals surface area contributed by atoms with E-state index in [1.807, 2.05) is 13.0 Å². The lowest BCUT2D eigenvalue weighted by Gasteiger charge is -2.14. The van der Waals surface area contributed by atoms with Crippen molar-refractivity contribution in [2.75, 3.05) is 12.0 Å². The topological polar surface area (TPSA) is 60.2 Å². The van der Waals surface area contributed by atoms with Crippen LogP contribution in [0.2, 0.25) is 0 Å². The Balaban J connectivity index is 2.12. The molecule has 1 fully saturated rings. The van der Waals surface area contributed by atoms with E-state index in [1.54, 1.807) is 6.07 Å². The molecule has 0 radical (unpaired) electrons. The maximum Gasteiger partial charge on any atom is 0.167 e. The van der Waals surface area contributed by atoms with Gasteiger partial charge in [0, 0.05) is 23.1 Å². The third kappa shape index (κ3) is 2.65. The molecular weight excluding hydrogens is 269 g/mol. The number of aromatic nitrogens is 1. The summed E-state index contributed by atoms with van der Waals surface area (Å²) >= 11 is 0. The van der Waals surface area contributed by atoms with Crippen molar-refractivity contribution in [3.63, 3.8) is 0 Å². The van der Waals surface area contributed by atoms with Gasteiger partial charge in [-0.3, -0.25) is 10.8 Å². The molecule has 3 rings (SSSR count). The highest BCUT2D eigenvalue weighted by Crippen LogP contribution is 2.37. The van der Waals surface area contributed by atoms with Gasteiger partial charge in [-0.15, -0.1) is 0 Å². The van der Waals surface area contributed by atoms with Gasteiger partial charge in [0.25, 0.3) is 0 Å². The number of nitrogen functional groups attached to an aromatic ring is 1. The molecule has 112 valence electrons. The minimum absolute atomic E-state index is 0.233. The van der Waals surface area contributed by atoms with E-state index in [0.717, 1.165) is 29.6 Å². The van der Waals surface area contributed by atoms with E-state index in [-0.39, 0.29) is 11.6 Å². The number of halogens is 1. The first-order chi connectivity index (χ1) is 10.2. The maximum absolute atomic E-state index is 14.0. The van der Waals surface area contributed by atoms with Gasteiger partial charge in [-0.2, -0.15) is 0 Å². The van der Waals surface area contributed by atoms with Gasteiger partial charge in [-0.25, -0.2) is 4.39 Å². The third-order valence-electron chi connectivity index (χ3n) is 4.11. The van der Waals surface area contributed by atoms with Crippen molar-refractivity contribution in [1.82, 2.24) is 4.98 Å². The summed E-state index contributed by atoms with van der Waals surface area (Å²) in [5.74, 6) is 5.94. The smallest absolute Gasteiger partial charge is 0.167 e. The third-order valence-corrected chi connectivity index (χ3v) is 4.11. The monoisotopic (exact) mass is 289 g/mol. The van der Waals surface area contributed by atoms with Gasteiger partial charge in [-0.1, -0.05) is 12.8 Å².